The van der Waals surface area contributed by atoms with Crippen molar-refractivity contribution < 1.29 is 48.3 Å². The molecule has 2 rings (SSSR count). The third kappa shape index (κ3) is 38.5. The number of rotatable bonds is 40. The van der Waals surface area contributed by atoms with Gasteiger partial charge in [-0.2, -0.15) is 0 Å². The molecule has 0 radical (unpaired) electrons. The second kappa shape index (κ2) is 44.3. The summed E-state index contributed by atoms with van der Waals surface area (Å²) in [5.41, 5.74) is 2.46. The Kier molecular flexibility index (Phi) is 42.8. The number of carbonyl (C=O) groups excluding carboxylic acids is 4. The molecule has 0 aromatic heterocycles. The van der Waals surface area contributed by atoms with Gasteiger partial charge < -0.3 is 38.7 Å². The molecule has 2 aromatic carbocycles. The van der Waals surface area contributed by atoms with Crippen molar-refractivity contribution in [1.29, 1.82) is 0 Å². The van der Waals surface area contributed by atoms with Gasteiger partial charge in [0.15, 0.2) is 0 Å². The van der Waals surface area contributed by atoms with Gasteiger partial charge in [0, 0.05) is 13.8 Å². The van der Waals surface area contributed by atoms with Crippen molar-refractivity contribution in [2.45, 2.75) is 245 Å². The van der Waals surface area contributed by atoms with E-state index in [1.807, 2.05) is 12.1 Å². The van der Waals surface area contributed by atoms with Gasteiger partial charge in [-0.05, 0) is 62.5 Å². The first kappa shape index (κ1) is 62.8. The number of benzene rings is 2. The van der Waals surface area contributed by atoms with Crippen LogP contribution in [0.3, 0.4) is 0 Å². The number of carboxylic acids is 2. The third-order valence-corrected chi connectivity index (χ3v) is 11.5. The van der Waals surface area contributed by atoms with E-state index in [1.165, 1.54) is 89.2 Å². The number of esters is 2. The van der Waals surface area contributed by atoms with Crippen molar-refractivity contribution in [3.05, 3.63) is 71.8 Å². The number of ether oxygens (including phenoxy) is 4. The molecule has 0 saturated heterocycles. The molecule has 2 aromatic rings. The van der Waals surface area contributed by atoms with Gasteiger partial charge in [-0.15, -0.1) is 0 Å². The van der Waals surface area contributed by atoms with Gasteiger partial charge in [0.1, 0.15) is 12.2 Å². The van der Waals surface area contributed by atoms with Gasteiger partial charge in [0.25, 0.3) is 0 Å². The Hall–Kier alpha value is -2.19. The zero-order valence-electron chi connectivity index (χ0n) is 41.1. The fourth-order valence-corrected chi connectivity index (χ4v) is 7.82. The zero-order valence-corrected chi connectivity index (χ0v) is 45.5. The van der Waals surface area contributed by atoms with Crippen LogP contribution in [0.5, 0.6) is 0 Å². The summed E-state index contributed by atoms with van der Waals surface area (Å²) in [5.74, 6) is -3.77. The van der Waals surface area contributed by atoms with Crippen LogP contribution >= 0.6 is 0 Å². The minimum Gasteiger partial charge on any atom is -0.546 e. The van der Waals surface area contributed by atoms with E-state index in [9.17, 15) is 29.4 Å². The van der Waals surface area contributed by atoms with Gasteiger partial charge in [0.2, 0.25) is 0 Å². The van der Waals surface area contributed by atoms with Crippen molar-refractivity contribution in [3.8, 4) is 0 Å². The predicted molar refractivity (Wildman–Crippen MR) is 258 cm³/mol. The fraction of sp³-hybridized carbons (Fsp3) is 0.704. The maximum Gasteiger partial charge on any atom is 2.00 e. The minimum absolute atomic E-state index is 0. The molecule has 0 spiro atoms. The van der Waals surface area contributed by atoms with Crippen LogP contribution in [0.4, 0.5) is 0 Å². The van der Waals surface area contributed by atoms with Gasteiger partial charge in [0.05, 0.1) is 37.4 Å². The molecule has 0 bridgehead atoms. The van der Waals surface area contributed by atoms with E-state index < -0.39 is 36.1 Å². The second-order valence-corrected chi connectivity index (χ2v) is 17.5. The van der Waals surface area contributed by atoms with E-state index in [0.717, 1.165) is 103 Å². The van der Waals surface area contributed by atoms with E-state index in [2.05, 4.69) is 62.4 Å². The first-order valence-corrected chi connectivity index (χ1v) is 25.1. The van der Waals surface area contributed by atoms with Crippen LogP contribution in [0.15, 0.2) is 60.7 Å². The van der Waals surface area contributed by atoms with Crippen molar-refractivity contribution in [2.24, 2.45) is 0 Å². The van der Waals surface area contributed by atoms with E-state index in [0.29, 0.717) is 38.3 Å². The molecule has 4 unspecified atom stereocenters. The first-order valence-electron chi connectivity index (χ1n) is 25.1. The number of aliphatic carboxylic acids is 2. The Bertz CT molecular complexity index is 1320. The summed E-state index contributed by atoms with van der Waals surface area (Å²) in [5, 5.41) is 21.9. The molecule has 0 aliphatic carbocycles. The van der Waals surface area contributed by atoms with Crippen LogP contribution in [0.25, 0.3) is 0 Å². The fourth-order valence-electron chi connectivity index (χ4n) is 7.82. The van der Waals surface area contributed by atoms with E-state index in [-0.39, 0.29) is 48.9 Å². The van der Waals surface area contributed by atoms with Gasteiger partial charge in [-0.1, -0.05) is 203 Å². The molecule has 0 fully saturated rings. The molecule has 4 atom stereocenters. The number of carboxylic acid groups (broad SMARTS) is 2. The van der Waals surface area contributed by atoms with Crippen LogP contribution < -0.4 is 10.2 Å². The maximum atomic E-state index is 11.0. The number of carbonyl (C=O) groups is 4. The molecule has 10 nitrogen and oxygen atoms in total. The second-order valence-electron chi connectivity index (χ2n) is 17.5. The monoisotopic (exact) mass is 1030 g/mol. The Morgan fingerprint density at radius 1 is 0.415 bits per heavy atom. The van der Waals surface area contributed by atoms with Crippen LogP contribution in [-0.4, -0.2) is 97.2 Å². The molecule has 0 saturated carbocycles. The molecule has 65 heavy (non-hydrogen) atoms. The topological polar surface area (TPSA) is 151 Å². The molecule has 364 valence electrons. The summed E-state index contributed by atoms with van der Waals surface area (Å²) >= 11 is 0. The van der Waals surface area contributed by atoms with Crippen LogP contribution in [0, 0.1) is 0 Å². The van der Waals surface area contributed by atoms with Gasteiger partial charge in [-0.3, -0.25) is 9.59 Å². The number of unbranched alkanes of at least 4 members (excludes halogenated alkanes) is 18. The normalized spacial score (nSPS) is 12.7. The average molecular weight is 1030 g/mol. The number of hydrogen-bond donors (Lipinski definition) is 0. The zero-order chi connectivity index (χ0) is 46.9. The first-order chi connectivity index (χ1) is 31.0. The van der Waals surface area contributed by atoms with Gasteiger partial charge >= 0.3 is 60.8 Å². The van der Waals surface area contributed by atoms with E-state index in [1.54, 1.807) is 0 Å². The smallest absolute Gasteiger partial charge is 0.546 e. The Labute approximate surface area is 434 Å². The van der Waals surface area contributed by atoms with Crippen LogP contribution in [-0.2, 0) is 51.3 Å². The Morgan fingerprint density at radius 3 is 0.938 bits per heavy atom. The predicted octanol–water partition coefficient (Wildman–Crippen LogP) is 11.1. The van der Waals surface area contributed by atoms with Crippen molar-refractivity contribution >= 4 is 72.8 Å². The average Bonchev–Trinajstić information content (AvgIpc) is 3.28. The van der Waals surface area contributed by atoms with Crippen LogP contribution in [0.1, 0.15) is 219 Å². The third-order valence-electron chi connectivity index (χ3n) is 11.5. The summed E-state index contributed by atoms with van der Waals surface area (Å²) in [6.07, 6.45) is 28.8. The summed E-state index contributed by atoms with van der Waals surface area (Å²) in [6, 6.07) is 20.7. The van der Waals surface area contributed by atoms with E-state index >= 15 is 0 Å². The summed E-state index contributed by atoms with van der Waals surface area (Å²) in [4.78, 5) is 43.8. The van der Waals surface area contributed by atoms with Crippen LogP contribution in [0.2, 0.25) is 0 Å². The number of hydrogen-bond acceptors (Lipinski definition) is 10. The van der Waals surface area contributed by atoms with Crippen molar-refractivity contribution in [2.75, 3.05) is 0 Å². The largest absolute Gasteiger partial charge is 2.00 e. The summed E-state index contributed by atoms with van der Waals surface area (Å²) in [7, 11) is 0. The maximum absolute atomic E-state index is 11.0. The standard InChI is InChI=1S/2C27H44O5.Ba/c2*1-3-4-5-8-14-19-25(31-22-24-17-12-11-13-18-24)20-15-9-6-7-10-16-21-26(27(29)30)32-23(2)28;/h2*11-13,17-18,25-26H,3-10,14-16,19-22H2,1-2H3,(H,29,30);/q;;+2/p-2. The SMILES string of the molecule is CCCCCCCC(CCCCCCCCC(OC(C)=O)C(=O)[O-])OCc1ccccc1.CCCCCCCC(CCCCCCCCC(OC(C)=O)C(=O)[O-])OCc1ccccc1.[Ba+2]. The Balaban J connectivity index is 0.00000124. The van der Waals surface area contributed by atoms with E-state index in [4.69, 9.17) is 18.9 Å². The van der Waals surface area contributed by atoms with Crippen molar-refractivity contribution in [3.63, 3.8) is 0 Å². The molecule has 0 N–H and O–H groups in total. The Morgan fingerprint density at radius 2 is 0.677 bits per heavy atom. The van der Waals surface area contributed by atoms with Gasteiger partial charge in [-0.25, -0.2) is 0 Å². The molecule has 11 heteroatoms. The molecular formula is C54H86BaO10. The minimum atomic E-state index is -1.31. The molecule has 0 aliphatic heterocycles. The summed E-state index contributed by atoms with van der Waals surface area (Å²) < 4.78 is 22.1. The summed E-state index contributed by atoms with van der Waals surface area (Å²) in [6.45, 7) is 8.29. The molecule has 0 aliphatic rings. The molecule has 0 amide bonds. The quantitative estimate of drug-likeness (QED) is 0.0358. The molecule has 0 heterocycles. The van der Waals surface area contributed by atoms with Crippen molar-refractivity contribution in [1.82, 2.24) is 0 Å². The molecular weight excluding hydrogens is 946 g/mol.